The first kappa shape index (κ1) is 9.83. The maximum atomic E-state index is 11.8. The predicted octanol–water partition coefficient (Wildman–Crippen LogP) is 1.32. The summed E-state index contributed by atoms with van der Waals surface area (Å²) in [6.07, 6.45) is 0. The average molecular weight is 230 g/mol. The molecule has 1 aromatic carbocycles. The summed E-state index contributed by atoms with van der Waals surface area (Å²) in [5, 5.41) is 7.57. The molecule has 0 bridgehead atoms. The highest BCUT2D eigenvalue weighted by Gasteiger charge is 2.13. The van der Waals surface area contributed by atoms with Gasteiger partial charge in [0.15, 0.2) is 0 Å². The first-order valence-corrected chi connectivity index (χ1v) is 5.17. The van der Waals surface area contributed by atoms with Crippen molar-refractivity contribution in [2.24, 2.45) is 0 Å². The van der Waals surface area contributed by atoms with Gasteiger partial charge in [-0.1, -0.05) is 11.2 Å². The molecular weight excluding hydrogens is 220 g/mol. The smallest absolute Gasteiger partial charge is 0.334 e. The molecule has 1 N–H and O–H groups in total. The Labute approximate surface area is 95.9 Å². The molecule has 0 atom stereocenters. The lowest BCUT2D eigenvalue weighted by Gasteiger charge is -1.96. The van der Waals surface area contributed by atoms with Gasteiger partial charge in [0.25, 0.3) is 0 Å². The normalized spacial score (nSPS) is 11.2. The van der Waals surface area contributed by atoms with Crippen molar-refractivity contribution < 1.29 is 4.42 Å². The number of benzene rings is 1. The van der Waals surface area contributed by atoms with Crippen LogP contribution in [-0.2, 0) is 0 Å². The van der Waals surface area contributed by atoms with Crippen LogP contribution in [0.4, 0.5) is 0 Å². The maximum Gasteiger partial charge on any atom is 0.334 e. The van der Waals surface area contributed by atoms with Crippen LogP contribution in [0, 0.1) is 13.8 Å². The summed E-state index contributed by atoms with van der Waals surface area (Å²) in [6, 6.07) is 5.86. The lowest BCUT2D eigenvalue weighted by molar-refractivity contribution is 0.495. The number of nitrogens with one attached hydrogen (secondary N) is 1. The van der Waals surface area contributed by atoms with Crippen LogP contribution < -0.4 is 5.69 Å². The van der Waals surface area contributed by atoms with Crippen LogP contribution >= 0.6 is 0 Å². The van der Waals surface area contributed by atoms with Gasteiger partial charge in [-0.3, -0.25) is 0 Å². The van der Waals surface area contributed by atoms with E-state index in [2.05, 4.69) is 15.2 Å². The van der Waals surface area contributed by atoms with E-state index in [1.54, 1.807) is 6.92 Å². The molecule has 0 radical (unpaired) electrons. The van der Waals surface area contributed by atoms with Crippen molar-refractivity contribution >= 4 is 11.0 Å². The molecule has 0 unspecified atom stereocenters. The Morgan fingerprint density at radius 1 is 1.29 bits per heavy atom. The minimum atomic E-state index is -0.283. The number of aryl methyl sites for hydroxylation is 2. The Bertz CT molecular complexity index is 750. The summed E-state index contributed by atoms with van der Waals surface area (Å²) in [7, 11) is 0. The van der Waals surface area contributed by atoms with Gasteiger partial charge in [-0.2, -0.15) is 0 Å². The summed E-state index contributed by atoms with van der Waals surface area (Å²) < 4.78 is 6.64. The molecule has 17 heavy (non-hydrogen) atoms. The number of fused-ring (bicyclic) bond motifs is 1. The summed E-state index contributed by atoms with van der Waals surface area (Å²) in [5.41, 5.74) is 2.27. The fourth-order valence-corrected chi connectivity index (χ4v) is 1.79. The first-order chi connectivity index (χ1) is 8.15. The molecule has 0 fully saturated rings. The first-order valence-electron chi connectivity index (χ1n) is 5.17. The fourth-order valence-electron chi connectivity index (χ4n) is 1.79. The van der Waals surface area contributed by atoms with Gasteiger partial charge < -0.3 is 9.40 Å². The van der Waals surface area contributed by atoms with Crippen molar-refractivity contribution in [3.63, 3.8) is 0 Å². The van der Waals surface area contributed by atoms with Crippen LogP contribution in [0.15, 0.2) is 27.4 Å². The molecule has 6 nitrogen and oxygen atoms in total. The molecule has 3 rings (SSSR count). The fraction of sp³-hybridized carbons (Fsp3) is 0.182. The van der Waals surface area contributed by atoms with Crippen LogP contribution in [-0.4, -0.2) is 19.7 Å². The predicted molar refractivity (Wildman–Crippen MR) is 61.2 cm³/mol. The van der Waals surface area contributed by atoms with Gasteiger partial charge in [-0.05, 0) is 24.6 Å². The van der Waals surface area contributed by atoms with Gasteiger partial charge in [0.1, 0.15) is 0 Å². The van der Waals surface area contributed by atoms with Gasteiger partial charge in [0.05, 0.1) is 11.0 Å². The third kappa shape index (κ3) is 1.45. The number of aromatic amines is 1. The lowest BCUT2D eigenvalue weighted by atomic mass is 10.2. The Kier molecular flexibility index (Phi) is 1.91. The largest absolute Gasteiger partial charge is 0.408 e. The number of rotatable bonds is 1. The highest BCUT2D eigenvalue weighted by molar-refractivity contribution is 5.77. The van der Waals surface area contributed by atoms with Crippen molar-refractivity contribution in [3.05, 3.63) is 40.1 Å². The van der Waals surface area contributed by atoms with Crippen LogP contribution in [0.5, 0.6) is 0 Å². The van der Waals surface area contributed by atoms with Gasteiger partial charge in [0, 0.05) is 6.92 Å². The van der Waals surface area contributed by atoms with Crippen molar-refractivity contribution in [3.8, 4) is 6.01 Å². The lowest BCUT2D eigenvalue weighted by Crippen LogP contribution is -2.14. The van der Waals surface area contributed by atoms with Crippen molar-refractivity contribution in [1.82, 2.24) is 19.7 Å². The van der Waals surface area contributed by atoms with E-state index >= 15 is 0 Å². The Hall–Kier alpha value is -2.37. The zero-order valence-corrected chi connectivity index (χ0v) is 9.39. The Morgan fingerprint density at radius 3 is 2.82 bits per heavy atom. The molecular formula is C11H10N4O2. The van der Waals surface area contributed by atoms with Crippen LogP contribution in [0.25, 0.3) is 17.0 Å². The van der Waals surface area contributed by atoms with Gasteiger partial charge in [0.2, 0.25) is 5.89 Å². The Balaban J connectivity index is 2.36. The molecule has 0 spiro atoms. The molecule has 0 saturated carbocycles. The Morgan fingerprint density at radius 2 is 2.12 bits per heavy atom. The van der Waals surface area contributed by atoms with E-state index in [-0.39, 0.29) is 11.7 Å². The number of nitrogens with zero attached hydrogens (tertiary/aromatic N) is 3. The van der Waals surface area contributed by atoms with Crippen molar-refractivity contribution in [1.29, 1.82) is 0 Å². The average Bonchev–Trinajstić information content (AvgIpc) is 2.80. The molecule has 0 saturated heterocycles. The highest BCUT2D eigenvalue weighted by atomic mass is 16.4. The van der Waals surface area contributed by atoms with E-state index in [4.69, 9.17) is 4.42 Å². The maximum absolute atomic E-state index is 11.8. The van der Waals surface area contributed by atoms with Crippen molar-refractivity contribution in [2.45, 2.75) is 13.8 Å². The molecule has 0 aliphatic rings. The zero-order chi connectivity index (χ0) is 12.0. The second-order valence-corrected chi connectivity index (χ2v) is 3.89. The minimum Gasteiger partial charge on any atom is -0.408 e. The summed E-state index contributed by atoms with van der Waals surface area (Å²) in [4.78, 5) is 14.6. The van der Waals surface area contributed by atoms with Crippen LogP contribution in [0.3, 0.4) is 0 Å². The van der Waals surface area contributed by atoms with E-state index in [1.807, 2.05) is 25.1 Å². The highest BCUT2D eigenvalue weighted by Crippen LogP contribution is 2.15. The monoisotopic (exact) mass is 230 g/mol. The van der Waals surface area contributed by atoms with E-state index < -0.39 is 0 Å². The quantitative estimate of drug-likeness (QED) is 0.684. The van der Waals surface area contributed by atoms with Gasteiger partial charge in [-0.15, -0.1) is 5.10 Å². The summed E-state index contributed by atoms with van der Waals surface area (Å²) in [5.74, 6) is 0.424. The third-order valence-corrected chi connectivity index (χ3v) is 2.54. The molecule has 0 aliphatic carbocycles. The van der Waals surface area contributed by atoms with E-state index in [1.165, 1.54) is 4.57 Å². The van der Waals surface area contributed by atoms with E-state index in [0.717, 1.165) is 16.6 Å². The number of H-pyrrole nitrogens is 1. The van der Waals surface area contributed by atoms with Crippen LogP contribution in [0.2, 0.25) is 0 Å². The molecule has 0 aliphatic heterocycles. The summed E-state index contributed by atoms with van der Waals surface area (Å²) >= 11 is 0. The number of imidazole rings is 1. The molecule has 6 heteroatoms. The molecule has 0 amide bonds. The molecule has 3 aromatic rings. The van der Waals surface area contributed by atoms with Crippen LogP contribution in [0.1, 0.15) is 11.5 Å². The van der Waals surface area contributed by atoms with E-state index in [0.29, 0.717) is 5.89 Å². The number of hydrogen-bond donors (Lipinski definition) is 1. The molecule has 86 valence electrons. The third-order valence-electron chi connectivity index (χ3n) is 2.54. The second-order valence-electron chi connectivity index (χ2n) is 3.89. The molecule has 2 heterocycles. The minimum absolute atomic E-state index is 0.183. The topological polar surface area (TPSA) is 76.7 Å². The SMILES string of the molecule is Cc1ccc2c(c1)[nH]c(=O)n2-c1nnc(C)o1. The van der Waals surface area contributed by atoms with Gasteiger partial charge in [-0.25, -0.2) is 9.36 Å². The number of hydrogen-bond acceptors (Lipinski definition) is 4. The standard InChI is InChI=1S/C11H10N4O2/c1-6-3-4-9-8(5-6)12-10(16)15(9)11-14-13-7(2)17-11/h3-5H,1-2H3,(H,12,16). The zero-order valence-electron chi connectivity index (χ0n) is 9.39. The van der Waals surface area contributed by atoms with E-state index in [9.17, 15) is 4.79 Å². The summed E-state index contributed by atoms with van der Waals surface area (Å²) in [6.45, 7) is 3.65. The van der Waals surface area contributed by atoms with Crippen molar-refractivity contribution in [2.75, 3.05) is 0 Å². The number of aromatic nitrogens is 4. The van der Waals surface area contributed by atoms with Gasteiger partial charge >= 0.3 is 11.7 Å². The molecule has 2 aromatic heterocycles. The second kappa shape index (κ2) is 3.31.